The molecule has 0 radical (unpaired) electrons. The Hall–Kier alpha value is -1.29. The van der Waals surface area contributed by atoms with Crippen LogP contribution in [0.2, 0.25) is 0 Å². The first-order chi connectivity index (χ1) is 6.66. The monoisotopic (exact) mass is 207 g/mol. The highest BCUT2D eigenvalue weighted by Gasteiger charge is 2.05. The number of rotatable bonds is 2. The van der Waals surface area contributed by atoms with E-state index in [1.165, 1.54) is 10.4 Å². The Balaban J connectivity index is 2.27. The lowest BCUT2D eigenvalue weighted by Gasteiger charge is -2.02. The minimum absolute atomic E-state index is 0.732. The number of anilines is 1. The van der Waals surface area contributed by atoms with Gasteiger partial charge in [-0.25, -0.2) is 4.68 Å². The van der Waals surface area contributed by atoms with E-state index in [1.54, 1.807) is 11.3 Å². The number of nitrogen functional groups attached to an aromatic ring is 1. The third kappa shape index (κ3) is 1.65. The number of hydrogen-bond donors (Lipinski definition) is 1. The molecular formula is C10H13N3S. The Morgan fingerprint density at radius 2 is 2.29 bits per heavy atom. The van der Waals surface area contributed by atoms with E-state index in [-0.39, 0.29) is 0 Å². The Morgan fingerprint density at radius 3 is 2.79 bits per heavy atom. The minimum atomic E-state index is 0.732. The van der Waals surface area contributed by atoms with Gasteiger partial charge in [-0.15, -0.1) is 11.3 Å². The second-order valence-corrected chi connectivity index (χ2v) is 4.40. The molecule has 2 rings (SSSR count). The van der Waals surface area contributed by atoms with Crippen molar-refractivity contribution in [1.29, 1.82) is 0 Å². The molecule has 2 aromatic rings. The summed E-state index contributed by atoms with van der Waals surface area (Å²) in [5, 5.41) is 6.42. The van der Waals surface area contributed by atoms with E-state index >= 15 is 0 Å². The van der Waals surface area contributed by atoms with Crippen molar-refractivity contribution in [2.75, 3.05) is 5.73 Å². The fourth-order valence-corrected chi connectivity index (χ4v) is 2.28. The number of aromatic nitrogens is 2. The quantitative estimate of drug-likeness (QED) is 0.820. The molecule has 0 saturated heterocycles. The summed E-state index contributed by atoms with van der Waals surface area (Å²) in [6.07, 6.45) is 0. The molecule has 2 N–H and O–H groups in total. The first-order valence-electron chi connectivity index (χ1n) is 4.49. The van der Waals surface area contributed by atoms with Crippen LogP contribution in [0.15, 0.2) is 17.5 Å². The number of thiophene rings is 1. The second kappa shape index (κ2) is 3.46. The van der Waals surface area contributed by atoms with E-state index in [0.29, 0.717) is 0 Å². The van der Waals surface area contributed by atoms with Gasteiger partial charge in [0, 0.05) is 10.9 Å². The molecule has 0 spiro atoms. The van der Waals surface area contributed by atoms with Gasteiger partial charge in [0.15, 0.2) is 0 Å². The Bertz CT molecular complexity index is 442. The van der Waals surface area contributed by atoms with Crippen LogP contribution in [0.25, 0.3) is 0 Å². The zero-order valence-corrected chi connectivity index (χ0v) is 9.14. The van der Waals surface area contributed by atoms with Crippen LogP contribution >= 0.6 is 11.3 Å². The van der Waals surface area contributed by atoms with Crippen LogP contribution in [0, 0.1) is 13.8 Å². The highest BCUT2D eigenvalue weighted by Crippen LogP contribution is 2.18. The van der Waals surface area contributed by atoms with Crippen molar-refractivity contribution in [3.63, 3.8) is 0 Å². The Morgan fingerprint density at radius 1 is 1.50 bits per heavy atom. The first-order valence-corrected chi connectivity index (χ1v) is 5.37. The highest BCUT2D eigenvalue weighted by molar-refractivity contribution is 7.10. The predicted octanol–water partition coefficient (Wildman–Crippen LogP) is 2.19. The molecule has 0 aliphatic carbocycles. The number of aryl methyl sites for hydroxylation is 2. The minimum Gasteiger partial charge on any atom is -0.384 e. The van der Waals surface area contributed by atoms with Crippen molar-refractivity contribution in [1.82, 2.24) is 9.78 Å². The van der Waals surface area contributed by atoms with Crippen molar-refractivity contribution in [2.45, 2.75) is 20.4 Å². The van der Waals surface area contributed by atoms with Gasteiger partial charge in [0.2, 0.25) is 0 Å². The third-order valence-corrected chi connectivity index (χ3v) is 3.20. The second-order valence-electron chi connectivity index (χ2n) is 3.40. The van der Waals surface area contributed by atoms with Gasteiger partial charge in [0.25, 0.3) is 0 Å². The lowest BCUT2D eigenvalue weighted by Crippen LogP contribution is -2.05. The van der Waals surface area contributed by atoms with Crippen LogP contribution in [0.1, 0.15) is 16.1 Å². The van der Waals surface area contributed by atoms with Crippen molar-refractivity contribution < 1.29 is 0 Å². The van der Waals surface area contributed by atoms with Crippen molar-refractivity contribution in [3.05, 3.63) is 33.6 Å². The molecule has 0 fully saturated rings. The van der Waals surface area contributed by atoms with Gasteiger partial charge in [0.1, 0.15) is 5.82 Å². The maximum atomic E-state index is 5.81. The van der Waals surface area contributed by atoms with Gasteiger partial charge in [-0.3, -0.25) is 0 Å². The van der Waals surface area contributed by atoms with Crippen LogP contribution in [0.3, 0.4) is 0 Å². The normalized spacial score (nSPS) is 10.7. The fraction of sp³-hybridized carbons (Fsp3) is 0.300. The largest absolute Gasteiger partial charge is 0.384 e. The smallest absolute Gasteiger partial charge is 0.122 e. The van der Waals surface area contributed by atoms with E-state index in [4.69, 9.17) is 5.73 Å². The van der Waals surface area contributed by atoms with Crippen LogP contribution < -0.4 is 5.73 Å². The zero-order chi connectivity index (χ0) is 10.1. The van der Waals surface area contributed by atoms with E-state index < -0.39 is 0 Å². The van der Waals surface area contributed by atoms with Crippen molar-refractivity contribution in [3.8, 4) is 0 Å². The van der Waals surface area contributed by atoms with Gasteiger partial charge in [-0.2, -0.15) is 5.10 Å². The van der Waals surface area contributed by atoms with Gasteiger partial charge < -0.3 is 5.73 Å². The van der Waals surface area contributed by atoms with Crippen LogP contribution in [0.4, 0.5) is 5.82 Å². The molecule has 14 heavy (non-hydrogen) atoms. The predicted molar refractivity (Wildman–Crippen MR) is 59.5 cm³/mol. The lowest BCUT2D eigenvalue weighted by atomic mass is 10.3. The molecule has 0 aliphatic heterocycles. The van der Waals surface area contributed by atoms with E-state index in [0.717, 1.165) is 18.1 Å². The summed E-state index contributed by atoms with van der Waals surface area (Å²) in [7, 11) is 0. The summed E-state index contributed by atoms with van der Waals surface area (Å²) in [6.45, 7) is 4.84. The zero-order valence-electron chi connectivity index (χ0n) is 8.32. The summed E-state index contributed by atoms with van der Waals surface area (Å²) < 4.78 is 1.84. The third-order valence-electron chi connectivity index (χ3n) is 2.19. The Labute approximate surface area is 87.2 Å². The summed E-state index contributed by atoms with van der Waals surface area (Å²) >= 11 is 1.75. The van der Waals surface area contributed by atoms with Crippen molar-refractivity contribution >= 4 is 17.2 Å². The molecular weight excluding hydrogens is 194 g/mol. The van der Waals surface area contributed by atoms with E-state index in [2.05, 4.69) is 23.5 Å². The van der Waals surface area contributed by atoms with Crippen LogP contribution in [0.5, 0.6) is 0 Å². The molecule has 0 atom stereocenters. The van der Waals surface area contributed by atoms with Crippen LogP contribution in [-0.2, 0) is 6.54 Å². The average molecular weight is 207 g/mol. The van der Waals surface area contributed by atoms with Crippen LogP contribution in [-0.4, -0.2) is 9.78 Å². The molecule has 4 heteroatoms. The highest BCUT2D eigenvalue weighted by atomic mass is 32.1. The lowest BCUT2D eigenvalue weighted by molar-refractivity contribution is 0.695. The molecule has 74 valence electrons. The topological polar surface area (TPSA) is 43.8 Å². The first kappa shape index (κ1) is 9.27. The molecule has 0 unspecified atom stereocenters. The molecule has 0 saturated carbocycles. The molecule has 0 aliphatic rings. The number of nitrogens with two attached hydrogens (primary N) is 1. The van der Waals surface area contributed by atoms with E-state index in [9.17, 15) is 0 Å². The van der Waals surface area contributed by atoms with Gasteiger partial charge >= 0.3 is 0 Å². The van der Waals surface area contributed by atoms with Crippen molar-refractivity contribution in [2.24, 2.45) is 0 Å². The molecule has 0 bridgehead atoms. The fourth-order valence-electron chi connectivity index (χ4n) is 1.39. The van der Waals surface area contributed by atoms with Gasteiger partial charge in [-0.1, -0.05) is 0 Å². The molecule has 3 nitrogen and oxygen atoms in total. The van der Waals surface area contributed by atoms with E-state index in [1.807, 2.05) is 17.7 Å². The molecule has 2 aromatic heterocycles. The summed E-state index contributed by atoms with van der Waals surface area (Å²) in [6, 6.07) is 4.01. The number of nitrogens with zero attached hydrogens (tertiary/aromatic N) is 2. The maximum Gasteiger partial charge on any atom is 0.122 e. The maximum absolute atomic E-state index is 5.81. The molecule has 2 heterocycles. The Kier molecular flexibility index (Phi) is 2.29. The van der Waals surface area contributed by atoms with Gasteiger partial charge in [0.05, 0.1) is 12.2 Å². The standard InChI is InChI=1S/C10H13N3S/c1-7-3-4-14-9(7)6-13-10(11)5-8(2)12-13/h3-5H,6,11H2,1-2H3. The average Bonchev–Trinajstić information content (AvgIpc) is 2.62. The van der Waals surface area contributed by atoms with Gasteiger partial charge in [-0.05, 0) is 30.9 Å². The summed E-state index contributed by atoms with van der Waals surface area (Å²) in [5.41, 5.74) is 8.09. The SMILES string of the molecule is Cc1cc(N)n(Cc2sccc2C)n1. The summed E-state index contributed by atoms with van der Waals surface area (Å²) in [4.78, 5) is 1.32. The molecule has 0 aromatic carbocycles. The summed E-state index contributed by atoms with van der Waals surface area (Å²) in [5.74, 6) is 0.732. The molecule has 0 amide bonds. The number of hydrogen-bond acceptors (Lipinski definition) is 3.